The van der Waals surface area contributed by atoms with Gasteiger partial charge >= 0.3 is 29.4 Å². The first-order chi connectivity index (χ1) is 26.6. The molecule has 0 aliphatic carbocycles. The van der Waals surface area contributed by atoms with E-state index in [4.69, 9.17) is 49.5 Å². The van der Waals surface area contributed by atoms with Gasteiger partial charge in [-0.25, -0.2) is 28.5 Å². The number of nitrogens with one attached hydrogen (secondary N) is 2. The number of hydrogen-bond donors (Lipinski definition) is 11. The fraction of sp³-hybridized carbons (Fsp3) is 0.522. The summed E-state index contributed by atoms with van der Waals surface area (Å²) in [5.74, 6) is -2.48. The molecule has 13 N–H and O–H groups in total. The Hall–Kier alpha value is -4.10. The van der Waals surface area contributed by atoms with Gasteiger partial charge in [0.05, 0.1) is 25.9 Å². The van der Waals surface area contributed by atoms with Crippen molar-refractivity contribution in [3.8, 4) is 0 Å². The Morgan fingerprint density at radius 1 is 0.842 bits per heavy atom. The number of nitrogens with two attached hydrogens (primary N) is 2. The minimum atomic E-state index is -5.96. The van der Waals surface area contributed by atoms with E-state index in [0.717, 1.165) is 28.9 Å². The van der Waals surface area contributed by atoms with Crippen LogP contribution in [0.15, 0.2) is 22.2 Å². The van der Waals surface area contributed by atoms with Crippen molar-refractivity contribution in [2.24, 2.45) is 0 Å². The van der Waals surface area contributed by atoms with E-state index in [1.165, 1.54) is 0 Å². The van der Waals surface area contributed by atoms with E-state index in [1.807, 2.05) is 0 Å². The number of aliphatic hydroxyl groups excluding tert-OH is 2. The van der Waals surface area contributed by atoms with Gasteiger partial charge in [-0.05, 0) is 0 Å². The zero-order valence-electron chi connectivity index (χ0n) is 28.3. The maximum atomic E-state index is 12.6. The van der Waals surface area contributed by atoms with Crippen LogP contribution in [-0.2, 0) is 55.3 Å². The number of hydrogen-bond acceptors (Lipinski definition) is 22. The number of phosphoric acid groups is 3. The predicted octanol–water partition coefficient (Wildman–Crippen LogP) is -3.90. The number of aliphatic carboxylic acids is 1. The highest BCUT2D eigenvalue weighted by molar-refractivity contribution is 7.66. The van der Waals surface area contributed by atoms with Gasteiger partial charge < -0.3 is 70.0 Å². The number of H-pyrrole nitrogens is 2. The van der Waals surface area contributed by atoms with Gasteiger partial charge in [0.2, 0.25) is 11.9 Å². The second-order valence-electron chi connectivity index (χ2n) is 11.9. The van der Waals surface area contributed by atoms with Crippen molar-refractivity contribution >= 4 is 63.7 Å². The predicted molar refractivity (Wildman–Crippen MR) is 178 cm³/mol. The van der Waals surface area contributed by atoms with Crippen LogP contribution in [0, 0.1) is 0 Å². The van der Waals surface area contributed by atoms with Gasteiger partial charge in [-0.2, -0.15) is 18.6 Å². The standard InChI is InChI=1S/C23H31N10O21P3/c1-47-13-12(52-21(20(38)39)48-2-6-10(34)11(35)18(50-6)32-4-26-8-14(32)28-22(24)30-16(8)36)7(3-49-56(43,44)54-57(45,46)53-55(40,41)42)51-19(13)33-5-27-9-15(33)29-23(25)31-17(9)37/h4-7,10-13,18-19,21,34-35H,2-3H2,1H3,(H,38,39)(H,43,44)(H,45,46)(H2,40,41,42)(H3,24,28,30,36)(H3,25,29,31,37)/t6-,7-,10-,11-,12-,13-,18-,19-,21?/m1/s1. The topological polar surface area (TPSA) is 463 Å². The average molecular weight is 876 g/mol. The number of fused-ring (bicyclic) bond motifs is 2. The Labute approximate surface area is 313 Å². The van der Waals surface area contributed by atoms with Crippen LogP contribution >= 0.6 is 23.5 Å². The number of carboxylic acid groups (broad SMARTS) is 1. The summed E-state index contributed by atoms with van der Waals surface area (Å²) < 4.78 is 78.1. The highest BCUT2D eigenvalue weighted by atomic mass is 31.3. The van der Waals surface area contributed by atoms with Crippen LogP contribution in [-0.4, -0.2) is 143 Å². The first-order valence-electron chi connectivity index (χ1n) is 15.5. The van der Waals surface area contributed by atoms with Gasteiger partial charge in [0, 0.05) is 7.11 Å². The minimum absolute atomic E-state index is 0.127. The van der Waals surface area contributed by atoms with E-state index in [9.17, 15) is 53.2 Å². The van der Waals surface area contributed by atoms with Crippen molar-refractivity contribution in [2.45, 2.75) is 55.4 Å². The number of anilines is 2. The number of phosphoric ester groups is 1. The van der Waals surface area contributed by atoms with E-state index >= 15 is 0 Å². The molecular weight excluding hydrogens is 845 g/mol. The first kappa shape index (κ1) is 42.5. The van der Waals surface area contributed by atoms with Crippen LogP contribution in [0.3, 0.4) is 0 Å². The first-order valence-corrected chi connectivity index (χ1v) is 20.0. The summed E-state index contributed by atoms with van der Waals surface area (Å²) in [6.45, 7) is -2.01. The number of aliphatic hydroxyl groups is 2. The van der Waals surface area contributed by atoms with Crippen LogP contribution in [0.1, 0.15) is 12.5 Å². The molecule has 31 nitrogen and oxygen atoms in total. The number of methoxy groups -OCH3 is 1. The number of carbonyl (C=O) groups is 1. The molecule has 4 aromatic heterocycles. The molecule has 6 heterocycles. The third kappa shape index (κ3) is 9.14. The molecule has 0 spiro atoms. The van der Waals surface area contributed by atoms with Gasteiger partial charge in [0.15, 0.2) is 34.8 Å². The molecule has 6 rings (SSSR count). The number of imidazole rings is 2. The summed E-state index contributed by atoms with van der Waals surface area (Å²) in [6.07, 6.45) is -13.1. The second kappa shape index (κ2) is 15.9. The molecule has 57 heavy (non-hydrogen) atoms. The maximum Gasteiger partial charge on any atom is 0.490 e. The molecule has 0 amide bonds. The van der Waals surface area contributed by atoms with Crippen molar-refractivity contribution in [2.75, 3.05) is 31.8 Å². The van der Waals surface area contributed by atoms with E-state index in [-0.39, 0.29) is 34.2 Å². The van der Waals surface area contributed by atoms with Crippen LogP contribution in [0.5, 0.6) is 0 Å². The number of carboxylic acids is 1. The molecule has 2 aliphatic heterocycles. The molecule has 2 aliphatic rings. The molecule has 34 heteroatoms. The van der Waals surface area contributed by atoms with Crippen molar-refractivity contribution in [1.29, 1.82) is 0 Å². The van der Waals surface area contributed by atoms with Crippen LogP contribution in [0.4, 0.5) is 11.9 Å². The maximum absolute atomic E-state index is 12.6. The van der Waals surface area contributed by atoms with Gasteiger partial charge in [0.25, 0.3) is 17.4 Å². The third-order valence-corrected chi connectivity index (χ3v) is 11.9. The zero-order valence-corrected chi connectivity index (χ0v) is 31.0. The monoisotopic (exact) mass is 876 g/mol. The minimum Gasteiger partial charge on any atom is -0.477 e. The number of aromatic nitrogens is 8. The molecule has 0 saturated carbocycles. The normalized spacial score (nSPS) is 28.1. The van der Waals surface area contributed by atoms with Crippen LogP contribution < -0.4 is 22.6 Å². The smallest absolute Gasteiger partial charge is 0.477 e. The van der Waals surface area contributed by atoms with Crippen molar-refractivity contribution < 1.29 is 90.2 Å². The lowest BCUT2D eigenvalue weighted by molar-refractivity contribution is -0.224. The van der Waals surface area contributed by atoms with E-state index in [2.05, 4.69) is 38.5 Å². The summed E-state index contributed by atoms with van der Waals surface area (Å²) in [5, 5.41) is 31.6. The average Bonchev–Trinajstić information content (AvgIpc) is 3.84. The Kier molecular flexibility index (Phi) is 11.9. The summed E-state index contributed by atoms with van der Waals surface area (Å²) >= 11 is 0. The highest BCUT2D eigenvalue weighted by Crippen LogP contribution is 2.66. The number of aromatic amines is 2. The summed E-state index contributed by atoms with van der Waals surface area (Å²) in [5.41, 5.74) is 9.04. The molecule has 0 aromatic carbocycles. The Bertz CT molecular complexity index is 2420. The molecule has 3 unspecified atom stereocenters. The SMILES string of the molecule is CO[C@@H]1[C@H](OC(OC[C@H]2O[C@@H](n3cnc4c(=O)[nH]c(N)nc43)[C@H](O)[C@@H]2O)C(=O)O)[C@@H](COP(=O)(O)OP(=O)(O)OP(=O)(O)O)O[C@H]1n1cnc2c(=O)[nH]c(N)nc21. The lowest BCUT2D eigenvalue weighted by Gasteiger charge is -2.27. The van der Waals surface area contributed by atoms with E-state index in [1.54, 1.807) is 0 Å². The fourth-order valence-corrected chi connectivity index (χ4v) is 8.83. The molecule has 4 aromatic rings. The Morgan fingerprint density at radius 2 is 1.39 bits per heavy atom. The number of rotatable bonds is 16. The number of nitrogens with zero attached hydrogens (tertiary/aromatic N) is 6. The van der Waals surface area contributed by atoms with Gasteiger partial charge in [-0.15, -0.1) is 0 Å². The molecule has 2 fully saturated rings. The van der Waals surface area contributed by atoms with Crippen LogP contribution in [0.2, 0.25) is 0 Å². The molecule has 0 radical (unpaired) electrons. The third-order valence-electron chi connectivity index (χ3n) is 8.06. The van der Waals surface area contributed by atoms with Crippen molar-refractivity contribution in [1.82, 2.24) is 39.0 Å². The van der Waals surface area contributed by atoms with Crippen molar-refractivity contribution in [3.63, 3.8) is 0 Å². The lowest BCUT2D eigenvalue weighted by atomic mass is 10.1. The second-order valence-corrected chi connectivity index (χ2v) is 16.3. The summed E-state index contributed by atoms with van der Waals surface area (Å²) in [4.78, 5) is 94.7. The molecule has 2 saturated heterocycles. The largest absolute Gasteiger partial charge is 0.490 e. The van der Waals surface area contributed by atoms with Crippen LogP contribution in [0.25, 0.3) is 22.3 Å². The van der Waals surface area contributed by atoms with Crippen molar-refractivity contribution in [3.05, 3.63) is 33.4 Å². The quantitative estimate of drug-likeness (QED) is 0.0378. The fourth-order valence-electron chi connectivity index (χ4n) is 5.80. The molecule has 314 valence electrons. The highest BCUT2D eigenvalue weighted by Gasteiger charge is 2.52. The van der Waals surface area contributed by atoms with Gasteiger partial charge in [-0.3, -0.25) is 33.2 Å². The number of nitrogen functional groups attached to an aromatic ring is 2. The van der Waals surface area contributed by atoms with E-state index in [0.29, 0.717) is 0 Å². The van der Waals surface area contributed by atoms with Gasteiger partial charge in [-0.1, -0.05) is 0 Å². The molecular formula is C23H31N10O21P3. The number of ether oxygens (including phenoxy) is 5. The summed E-state index contributed by atoms with van der Waals surface area (Å²) in [6, 6.07) is 0. The van der Waals surface area contributed by atoms with E-state index < -0.39 is 109 Å². The van der Waals surface area contributed by atoms with Gasteiger partial charge in [0.1, 0.15) is 36.6 Å². The Morgan fingerprint density at radius 3 is 1.91 bits per heavy atom. The zero-order chi connectivity index (χ0) is 41.8. The summed E-state index contributed by atoms with van der Waals surface area (Å²) in [7, 11) is -16.4. The lowest BCUT2D eigenvalue weighted by Crippen LogP contribution is -2.44. The Balaban J connectivity index is 1.24. The molecule has 0 bridgehead atoms. The molecule has 11 atom stereocenters.